The Morgan fingerprint density at radius 3 is 2.32 bits per heavy atom. The van der Waals surface area contributed by atoms with Crippen LogP contribution in [0.1, 0.15) is 62.6 Å². The molecule has 3 aromatic rings. The molecule has 0 spiro atoms. The average Bonchev–Trinajstić information content (AvgIpc) is 3.15. The van der Waals surface area contributed by atoms with Gasteiger partial charge in [0.15, 0.2) is 0 Å². The SMILES string of the molecule is CCCCC1=Cc2c(ccc(-c3ccccc3)c2-c2ccccc2C(C)C)C1. The highest BCUT2D eigenvalue weighted by Gasteiger charge is 2.22. The molecule has 0 bridgehead atoms. The number of unbranched alkanes of at least 4 members (excludes halogenated alkanes) is 1. The van der Waals surface area contributed by atoms with Crippen LogP contribution < -0.4 is 0 Å². The van der Waals surface area contributed by atoms with E-state index in [1.807, 2.05) is 0 Å². The zero-order valence-electron chi connectivity index (χ0n) is 17.3. The third-order valence-electron chi connectivity index (χ3n) is 5.89. The molecule has 0 aliphatic heterocycles. The third kappa shape index (κ3) is 3.56. The molecule has 0 fully saturated rings. The Kier molecular flexibility index (Phi) is 5.48. The number of hydrogen-bond acceptors (Lipinski definition) is 0. The van der Waals surface area contributed by atoms with Gasteiger partial charge in [0.1, 0.15) is 0 Å². The molecule has 0 nitrogen and oxygen atoms in total. The molecule has 1 aliphatic carbocycles. The lowest BCUT2D eigenvalue weighted by Crippen LogP contribution is -1.97. The monoisotopic (exact) mass is 366 g/mol. The van der Waals surface area contributed by atoms with Crippen LogP contribution >= 0.6 is 0 Å². The quantitative estimate of drug-likeness (QED) is 0.412. The molecule has 0 saturated carbocycles. The van der Waals surface area contributed by atoms with Gasteiger partial charge in [0.05, 0.1) is 0 Å². The second-order valence-electron chi connectivity index (χ2n) is 8.25. The molecule has 0 atom stereocenters. The molecule has 0 amide bonds. The van der Waals surface area contributed by atoms with Gasteiger partial charge in [-0.1, -0.05) is 106 Å². The summed E-state index contributed by atoms with van der Waals surface area (Å²) >= 11 is 0. The van der Waals surface area contributed by atoms with Gasteiger partial charge >= 0.3 is 0 Å². The fraction of sp³-hybridized carbons (Fsp3) is 0.286. The zero-order valence-corrected chi connectivity index (χ0v) is 17.3. The van der Waals surface area contributed by atoms with E-state index in [0.29, 0.717) is 5.92 Å². The van der Waals surface area contributed by atoms with E-state index in [1.54, 1.807) is 5.57 Å². The van der Waals surface area contributed by atoms with Crippen molar-refractivity contribution in [2.45, 2.75) is 52.4 Å². The Morgan fingerprint density at radius 1 is 0.821 bits per heavy atom. The molecule has 1 aliphatic rings. The van der Waals surface area contributed by atoms with E-state index in [4.69, 9.17) is 0 Å². The summed E-state index contributed by atoms with van der Waals surface area (Å²) in [5.74, 6) is 0.501. The van der Waals surface area contributed by atoms with E-state index in [2.05, 4.69) is 93.6 Å². The zero-order chi connectivity index (χ0) is 19.5. The van der Waals surface area contributed by atoms with Crippen molar-refractivity contribution in [3.8, 4) is 22.3 Å². The second-order valence-corrected chi connectivity index (χ2v) is 8.25. The summed E-state index contributed by atoms with van der Waals surface area (Å²) in [6.07, 6.45) is 7.36. The Labute approximate surface area is 169 Å². The van der Waals surface area contributed by atoms with Gasteiger partial charge < -0.3 is 0 Å². The lowest BCUT2D eigenvalue weighted by molar-refractivity contribution is 0.779. The number of fused-ring (bicyclic) bond motifs is 1. The van der Waals surface area contributed by atoms with Crippen LogP contribution in [0.15, 0.2) is 72.3 Å². The maximum Gasteiger partial charge on any atom is -0.00271 e. The summed E-state index contributed by atoms with van der Waals surface area (Å²) in [4.78, 5) is 0. The molecule has 0 unspecified atom stereocenters. The van der Waals surface area contributed by atoms with Crippen LogP contribution in [-0.2, 0) is 6.42 Å². The molecular weight excluding hydrogens is 336 g/mol. The first kappa shape index (κ1) is 18.7. The minimum absolute atomic E-state index is 0.501. The molecule has 0 heteroatoms. The van der Waals surface area contributed by atoms with Gasteiger partial charge in [0.25, 0.3) is 0 Å². The first-order valence-corrected chi connectivity index (χ1v) is 10.7. The van der Waals surface area contributed by atoms with Crippen LogP contribution in [0, 0.1) is 0 Å². The summed E-state index contributed by atoms with van der Waals surface area (Å²) in [6, 6.07) is 24.5. The maximum absolute atomic E-state index is 2.49. The Hall–Kier alpha value is -2.60. The molecule has 3 aromatic carbocycles. The average molecular weight is 367 g/mol. The van der Waals surface area contributed by atoms with E-state index in [0.717, 1.165) is 6.42 Å². The van der Waals surface area contributed by atoms with Crippen LogP contribution in [-0.4, -0.2) is 0 Å². The normalized spacial score (nSPS) is 12.9. The van der Waals surface area contributed by atoms with Gasteiger partial charge in [-0.3, -0.25) is 0 Å². The molecule has 0 radical (unpaired) electrons. The van der Waals surface area contributed by atoms with E-state index in [1.165, 1.54) is 58.2 Å². The second kappa shape index (κ2) is 8.19. The largest absolute Gasteiger partial charge is 0.0654 e. The molecular formula is C28H30. The minimum atomic E-state index is 0.501. The number of hydrogen-bond donors (Lipinski definition) is 0. The predicted molar refractivity (Wildman–Crippen MR) is 123 cm³/mol. The van der Waals surface area contributed by atoms with Crippen molar-refractivity contribution in [3.63, 3.8) is 0 Å². The van der Waals surface area contributed by atoms with Crippen molar-refractivity contribution >= 4 is 6.08 Å². The highest BCUT2D eigenvalue weighted by molar-refractivity contribution is 5.93. The van der Waals surface area contributed by atoms with Gasteiger partial charge in [0, 0.05) is 0 Å². The molecule has 0 aromatic heterocycles. The third-order valence-corrected chi connectivity index (χ3v) is 5.89. The van der Waals surface area contributed by atoms with Gasteiger partial charge in [-0.25, -0.2) is 0 Å². The lowest BCUT2D eigenvalue weighted by atomic mass is 9.84. The number of benzene rings is 3. The summed E-state index contributed by atoms with van der Waals surface area (Å²) in [5, 5.41) is 0. The van der Waals surface area contributed by atoms with E-state index >= 15 is 0 Å². The van der Waals surface area contributed by atoms with Crippen LogP contribution in [0.3, 0.4) is 0 Å². The smallest absolute Gasteiger partial charge is 0.00271 e. The molecule has 28 heavy (non-hydrogen) atoms. The fourth-order valence-electron chi connectivity index (χ4n) is 4.42. The lowest BCUT2D eigenvalue weighted by Gasteiger charge is -2.19. The van der Waals surface area contributed by atoms with E-state index in [-0.39, 0.29) is 0 Å². The summed E-state index contributed by atoms with van der Waals surface area (Å²) in [5.41, 5.74) is 11.4. The molecule has 142 valence electrons. The first-order valence-electron chi connectivity index (χ1n) is 10.7. The molecule has 0 saturated heterocycles. The van der Waals surface area contributed by atoms with Gasteiger partial charge in [0.2, 0.25) is 0 Å². The Bertz CT molecular complexity index is 990. The van der Waals surface area contributed by atoms with Crippen molar-refractivity contribution < 1.29 is 0 Å². The molecule has 4 rings (SSSR count). The highest BCUT2D eigenvalue weighted by atomic mass is 14.3. The maximum atomic E-state index is 2.49. The van der Waals surface area contributed by atoms with E-state index < -0.39 is 0 Å². The summed E-state index contributed by atoms with van der Waals surface area (Å²) in [6.45, 7) is 6.87. The van der Waals surface area contributed by atoms with Crippen molar-refractivity contribution in [2.75, 3.05) is 0 Å². The summed E-state index contributed by atoms with van der Waals surface area (Å²) < 4.78 is 0. The van der Waals surface area contributed by atoms with Crippen LogP contribution in [0.5, 0.6) is 0 Å². The number of allylic oxidation sites excluding steroid dienone is 1. The van der Waals surface area contributed by atoms with Crippen LogP contribution in [0.25, 0.3) is 28.3 Å². The summed E-state index contributed by atoms with van der Waals surface area (Å²) in [7, 11) is 0. The van der Waals surface area contributed by atoms with E-state index in [9.17, 15) is 0 Å². The topological polar surface area (TPSA) is 0 Å². The standard InChI is InChI=1S/C28H30/c1-4-5-11-21-18-23-16-17-25(22-12-7-6-8-13-22)28(27(23)19-21)26-15-10-9-14-24(26)20(2)3/h6-10,12-17,19-20H,4-5,11,18H2,1-3H3. The Balaban J connectivity index is 1.95. The van der Waals surface area contributed by atoms with Crippen molar-refractivity contribution in [3.05, 3.63) is 89.0 Å². The predicted octanol–water partition coefficient (Wildman–Crippen LogP) is 8.27. The van der Waals surface area contributed by atoms with Gasteiger partial charge in [-0.05, 0) is 64.1 Å². The molecule has 0 heterocycles. The number of rotatable bonds is 6. The van der Waals surface area contributed by atoms with Crippen molar-refractivity contribution in [1.82, 2.24) is 0 Å². The Morgan fingerprint density at radius 2 is 1.57 bits per heavy atom. The van der Waals surface area contributed by atoms with Gasteiger partial charge in [-0.2, -0.15) is 0 Å². The fourth-order valence-corrected chi connectivity index (χ4v) is 4.42. The highest BCUT2D eigenvalue weighted by Crippen LogP contribution is 2.43. The van der Waals surface area contributed by atoms with Gasteiger partial charge in [-0.15, -0.1) is 0 Å². The van der Waals surface area contributed by atoms with Crippen molar-refractivity contribution in [2.24, 2.45) is 0 Å². The minimum Gasteiger partial charge on any atom is -0.0654 e. The van der Waals surface area contributed by atoms with Crippen molar-refractivity contribution in [1.29, 1.82) is 0 Å². The molecule has 0 N–H and O–H groups in total. The van der Waals surface area contributed by atoms with Crippen LogP contribution in [0.2, 0.25) is 0 Å². The van der Waals surface area contributed by atoms with Crippen LogP contribution in [0.4, 0.5) is 0 Å². The first-order chi connectivity index (χ1) is 13.7.